The van der Waals surface area contributed by atoms with Gasteiger partial charge in [-0.2, -0.15) is 18.4 Å². The molecule has 1 heterocycles. The van der Waals surface area contributed by atoms with Gasteiger partial charge in [-0.1, -0.05) is 6.07 Å². The molecule has 0 saturated carbocycles. The third kappa shape index (κ3) is 2.98. The molecule has 2 rings (SSSR count). The van der Waals surface area contributed by atoms with E-state index in [0.29, 0.717) is 5.82 Å². The maximum absolute atomic E-state index is 12.8. The zero-order chi connectivity index (χ0) is 14.8. The third-order valence-electron chi connectivity index (χ3n) is 2.49. The van der Waals surface area contributed by atoms with Gasteiger partial charge in [0.2, 0.25) is 0 Å². The molecule has 0 aliphatic carbocycles. The maximum atomic E-state index is 12.8. The Hall–Kier alpha value is -2.75. The van der Waals surface area contributed by atoms with Crippen molar-refractivity contribution >= 4 is 17.3 Å². The van der Waals surface area contributed by atoms with Crippen LogP contribution in [0.3, 0.4) is 0 Å². The molecule has 3 N–H and O–H groups in total. The summed E-state index contributed by atoms with van der Waals surface area (Å²) in [6.45, 7) is 0. The Morgan fingerprint density at radius 1 is 1.20 bits per heavy atom. The monoisotopic (exact) mass is 278 g/mol. The Morgan fingerprint density at radius 2 is 1.95 bits per heavy atom. The lowest BCUT2D eigenvalue weighted by molar-refractivity contribution is -0.137. The van der Waals surface area contributed by atoms with E-state index < -0.39 is 17.3 Å². The van der Waals surface area contributed by atoms with E-state index in [-0.39, 0.29) is 11.5 Å². The summed E-state index contributed by atoms with van der Waals surface area (Å²) in [5, 5.41) is 11.4. The number of benzene rings is 1. The van der Waals surface area contributed by atoms with Crippen LogP contribution in [-0.4, -0.2) is 4.98 Å². The van der Waals surface area contributed by atoms with Gasteiger partial charge in [0.25, 0.3) is 0 Å². The van der Waals surface area contributed by atoms with Crippen LogP contribution in [0.25, 0.3) is 0 Å². The van der Waals surface area contributed by atoms with Crippen LogP contribution < -0.4 is 11.1 Å². The van der Waals surface area contributed by atoms with Crippen LogP contribution >= 0.6 is 0 Å². The Kier molecular flexibility index (Phi) is 3.48. The number of hydrogen-bond donors (Lipinski definition) is 2. The van der Waals surface area contributed by atoms with Gasteiger partial charge >= 0.3 is 6.18 Å². The minimum atomic E-state index is -4.59. The summed E-state index contributed by atoms with van der Waals surface area (Å²) >= 11 is 0. The molecule has 0 aliphatic heterocycles. The fourth-order valence-electron chi connectivity index (χ4n) is 1.62. The van der Waals surface area contributed by atoms with E-state index in [4.69, 9.17) is 11.0 Å². The van der Waals surface area contributed by atoms with Crippen molar-refractivity contribution in [1.82, 2.24) is 4.98 Å². The van der Waals surface area contributed by atoms with Crippen molar-refractivity contribution in [3.8, 4) is 6.07 Å². The van der Waals surface area contributed by atoms with Gasteiger partial charge < -0.3 is 11.1 Å². The fourth-order valence-corrected chi connectivity index (χ4v) is 1.62. The Balaban J connectivity index is 2.37. The lowest BCUT2D eigenvalue weighted by atomic mass is 10.1. The summed E-state index contributed by atoms with van der Waals surface area (Å²) in [6, 6.07) is 9.62. The first kappa shape index (κ1) is 13.7. The van der Waals surface area contributed by atoms with Crippen molar-refractivity contribution < 1.29 is 13.2 Å². The lowest BCUT2D eigenvalue weighted by Crippen LogP contribution is -2.08. The van der Waals surface area contributed by atoms with Crippen LogP contribution in [0.2, 0.25) is 0 Å². The first-order chi connectivity index (χ1) is 9.40. The Morgan fingerprint density at radius 3 is 2.55 bits per heavy atom. The molecule has 1 aromatic heterocycles. The predicted octanol–water partition coefficient (Wildman–Crippen LogP) is 3.30. The first-order valence-corrected chi connectivity index (χ1v) is 5.51. The number of nitrogens with one attached hydrogen (secondary N) is 1. The Labute approximate surface area is 112 Å². The van der Waals surface area contributed by atoms with E-state index >= 15 is 0 Å². The normalized spacial score (nSPS) is 10.9. The van der Waals surface area contributed by atoms with Crippen LogP contribution in [0, 0.1) is 11.3 Å². The average Bonchev–Trinajstić information content (AvgIpc) is 2.37. The summed E-state index contributed by atoms with van der Waals surface area (Å²) in [6.07, 6.45) is -4.59. The molecule has 2 aromatic rings. The van der Waals surface area contributed by atoms with Gasteiger partial charge in [0.15, 0.2) is 0 Å². The number of nitrogen functional groups attached to an aromatic ring is 1. The highest BCUT2D eigenvalue weighted by atomic mass is 19.4. The minimum Gasteiger partial charge on any atom is -0.384 e. The van der Waals surface area contributed by atoms with E-state index in [0.717, 1.165) is 12.1 Å². The standard InChI is InChI=1S/C13H9F3N4/c14-13(15,16)10-6-9(5-4-8(10)7-17)19-12-3-1-2-11(18)20-12/h1-6H,(H3,18,19,20). The molecule has 1 aromatic carbocycles. The molecule has 7 heteroatoms. The number of nitrogens with two attached hydrogens (primary N) is 1. The van der Waals surface area contributed by atoms with Crippen LogP contribution in [-0.2, 0) is 6.18 Å². The average molecular weight is 278 g/mol. The second-order valence-corrected chi connectivity index (χ2v) is 3.94. The molecule has 0 radical (unpaired) electrons. The number of nitriles is 1. The maximum Gasteiger partial charge on any atom is 0.417 e. The molecule has 0 bridgehead atoms. The molecule has 0 atom stereocenters. The number of halogens is 3. The molecule has 4 nitrogen and oxygen atoms in total. The second kappa shape index (κ2) is 5.09. The highest BCUT2D eigenvalue weighted by molar-refractivity contribution is 5.61. The SMILES string of the molecule is N#Cc1ccc(Nc2cccc(N)n2)cc1C(F)(F)F. The molecular formula is C13H9F3N4. The van der Waals surface area contributed by atoms with Gasteiger partial charge in [-0.3, -0.25) is 0 Å². The van der Waals surface area contributed by atoms with Crippen molar-refractivity contribution in [1.29, 1.82) is 5.26 Å². The quantitative estimate of drug-likeness (QED) is 0.883. The summed E-state index contributed by atoms with van der Waals surface area (Å²) in [4.78, 5) is 3.92. The van der Waals surface area contributed by atoms with Crippen molar-refractivity contribution in [3.05, 3.63) is 47.5 Å². The van der Waals surface area contributed by atoms with Gasteiger partial charge in [0, 0.05) is 5.69 Å². The highest BCUT2D eigenvalue weighted by Crippen LogP contribution is 2.34. The number of rotatable bonds is 2. The van der Waals surface area contributed by atoms with E-state index in [1.165, 1.54) is 12.1 Å². The Bertz CT molecular complexity index is 674. The summed E-state index contributed by atoms with van der Waals surface area (Å²) < 4.78 is 38.4. The summed E-state index contributed by atoms with van der Waals surface area (Å²) in [7, 11) is 0. The van der Waals surface area contributed by atoms with Gasteiger partial charge in [0.05, 0.1) is 17.2 Å². The minimum absolute atomic E-state index is 0.175. The van der Waals surface area contributed by atoms with Gasteiger partial charge in [0.1, 0.15) is 11.6 Å². The molecule has 0 amide bonds. The van der Waals surface area contributed by atoms with Gasteiger partial charge in [-0.25, -0.2) is 4.98 Å². The smallest absolute Gasteiger partial charge is 0.384 e. The van der Waals surface area contributed by atoms with Crippen molar-refractivity contribution in [2.45, 2.75) is 6.18 Å². The van der Waals surface area contributed by atoms with Crippen molar-refractivity contribution in [2.24, 2.45) is 0 Å². The molecule has 0 aliphatic rings. The summed E-state index contributed by atoms with van der Waals surface area (Å²) in [5.41, 5.74) is 4.24. The van der Waals surface area contributed by atoms with Gasteiger partial charge in [-0.05, 0) is 30.3 Å². The summed E-state index contributed by atoms with van der Waals surface area (Å²) in [5.74, 6) is 0.572. The van der Waals surface area contributed by atoms with Crippen molar-refractivity contribution in [2.75, 3.05) is 11.1 Å². The van der Waals surface area contributed by atoms with Crippen LogP contribution in [0.4, 0.5) is 30.5 Å². The van der Waals surface area contributed by atoms with Crippen LogP contribution in [0.1, 0.15) is 11.1 Å². The number of hydrogen-bond acceptors (Lipinski definition) is 4. The molecular weight excluding hydrogens is 269 g/mol. The zero-order valence-corrected chi connectivity index (χ0v) is 10.1. The topological polar surface area (TPSA) is 74.7 Å². The van der Waals surface area contributed by atoms with Crippen molar-refractivity contribution in [3.63, 3.8) is 0 Å². The molecule has 102 valence electrons. The number of aromatic nitrogens is 1. The highest BCUT2D eigenvalue weighted by Gasteiger charge is 2.33. The lowest BCUT2D eigenvalue weighted by Gasteiger charge is -2.12. The van der Waals surface area contributed by atoms with Crippen LogP contribution in [0.5, 0.6) is 0 Å². The van der Waals surface area contributed by atoms with E-state index in [9.17, 15) is 13.2 Å². The predicted molar refractivity (Wildman–Crippen MR) is 68.1 cm³/mol. The third-order valence-corrected chi connectivity index (χ3v) is 2.49. The fraction of sp³-hybridized carbons (Fsp3) is 0.0769. The van der Waals surface area contributed by atoms with E-state index in [2.05, 4.69) is 10.3 Å². The van der Waals surface area contributed by atoms with E-state index in [1.807, 2.05) is 0 Å². The second-order valence-electron chi connectivity index (χ2n) is 3.94. The largest absolute Gasteiger partial charge is 0.417 e. The zero-order valence-electron chi connectivity index (χ0n) is 10.1. The molecule has 20 heavy (non-hydrogen) atoms. The number of anilines is 3. The molecule has 0 saturated heterocycles. The van der Waals surface area contributed by atoms with Crippen LogP contribution in [0.15, 0.2) is 36.4 Å². The number of pyridine rings is 1. The van der Waals surface area contributed by atoms with E-state index in [1.54, 1.807) is 18.2 Å². The molecule has 0 fully saturated rings. The van der Waals surface area contributed by atoms with Gasteiger partial charge in [-0.15, -0.1) is 0 Å². The first-order valence-electron chi connectivity index (χ1n) is 5.51. The molecule has 0 unspecified atom stereocenters. The number of nitrogens with zero attached hydrogens (tertiary/aromatic N) is 2. The number of alkyl halides is 3. The molecule has 0 spiro atoms.